The molecule has 0 N–H and O–H groups in total. The molecular weight excluding hydrogens is 240 g/mol. The van der Waals surface area contributed by atoms with Gasteiger partial charge in [0.05, 0.1) is 6.54 Å². The van der Waals surface area contributed by atoms with Gasteiger partial charge in [0.2, 0.25) is 0 Å². The van der Waals surface area contributed by atoms with Crippen molar-refractivity contribution in [3.8, 4) is 0 Å². The maximum Gasteiger partial charge on any atom is 0.414 e. The molecule has 0 fully saturated rings. The van der Waals surface area contributed by atoms with Crippen molar-refractivity contribution in [2.75, 3.05) is 6.54 Å². The highest BCUT2D eigenvalue weighted by Crippen LogP contribution is 2.04. The molecule has 1 amide bonds. The SMILES string of the molecule is Cl.O=C(OCc1ccccc1)N1C=CN=CC1. The third-order valence-corrected chi connectivity index (χ3v) is 2.16. The largest absolute Gasteiger partial charge is 0.444 e. The molecule has 0 atom stereocenters. The molecule has 0 saturated heterocycles. The van der Waals surface area contributed by atoms with E-state index >= 15 is 0 Å². The molecule has 0 aliphatic carbocycles. The summed E-state index contributed by atoms with van der Waals surface area (Å²) in [5.41, 5.74) is 0.977. The first-order chi connectivity index (χ1) is 7.86. The zero-order chi connectivity index (χ0) is 11.2. The molecule has 0 bridgehead atoms. The van der Waals surface area contributed by atoms with E-state index in [1.807, 2.05) is 30.3 Å². The minimum absolute atomic E-state index is 0. The lowest BCUT2D eigenvalue weighted by molar-refractivity contribution is 0.114. The lowest BCUT2D eigenvalue weighted by atomic mass is 10.2. The second-order valence-corrected chi connectivity index (χ2v) is 3.32. The van der Waals surface area contributed by atoms with Crippen LogP contribution in [0, 0.1) is 0 Å². The van der Waals surface area contributed by atoms with Crippen molar-refractivity contribution >= 4 is 24.7 Å². The molecule has 1 aromatic rings. The molecule has 0 spiro atoms. The number of amides is 1. The molecule has 1 aliphatic heterocycles. The Bertz CT molecular complexity index is 418. The first-order valence-electron chi connectivity index (χ1n) is 5.02. The topological polar surface area (TPSA) is 41.9 Å². The number of carbonyl (C=O) groups excluding carboxylic acids is 1. The molecule has 0 radical (unpaired) electrons. The quantitative estimate of drug-likeness (QED) is 0.812. The van der Waals surface area contributed by atoms with Crippen LogP contribution in [0.25, 0.3) is 0 Å². The van der Waals surface area contributed by atoms with Crippen LogP contribution in [0.2, 0.25) is 0 Å². The van der Waals surface area contributed by atoms with Crippen molar-refractivity contribution in [2.45, 2.75) is 6.61 Å². The van der Waals surface area contributed by atoms with E-state index in [4.69, 9.17) is 4.74 Å². The Morgan fingerprint density at radius 3 is 2.76 bits per heavy atom. The van der Waals surface area contributed by atoms with Gasteiger partial charge >= 0.3 is 6.09 Å². The summed E-state index contributed by atoms with van der Waals surface area (Å²) < 4.78 is 5.14. The van der Waals surface area contributed by atoms with Gasteiger partial charge in [-0.3, -0.25) is 9.89 Å². The zero-order valence-electron chi connectivity index (χ0n) is 9.15. The minimum atomic E-state index is -0.355. The molecule has 1 aliphatic rings. The lowest BCUT2D eigenvalue weighted by Gasteiger charge is -2.17. The zero-order valence-corrected chi connectivity index (χ0v) is 9.97. The first kappa shape index (κ1) is 13.3. The van der Waals surface area contributed by atoms with Gasteiger partial charge in [0, 0.05) is 18.6 Å². The van der Waals surface area contributed by atoms with Gasteiger partial charge in [-0.1, -0.05) is 30.3 Å². The van der Waals surface area contributed by atoms with Crippen LogP contribution in [0.1, 0.15) is 5.56 Å². The average Bonchev–Trinajstić information content (AvgIpc) is 2.38. The minimum Gasteiger partial charge on any atom is -0.444 e. The maximum absolute atomic E-state index is 11.6. The van der Waals surface area contributed by atoms with Crippen LogP contribution in [-0.2, 0) is 11.3 Å². The Morgan fingerprint density at radius 2 is 2.12 bits per heavy atom. The van der Waals surface area contributed by atoms with Crippen molar-refractivity contribution in [1.29, 1.82) is 0 Å². The van der Waals surface area contributed by atoms with Crippen molar-refractivity contribution in [1.82, 2.24) is 4.90 Å². The van der Waals surface area contributed by atoms with Gasteiger partial charge in [-0.2, -0.15) is 0 Å². The van der Waals surface area contributed by atoms with Crippen molar-refractivity contribution < 1.29 is 9.53 Å². The molecule has 5 heteroatoms. The van der Waals surface area contributed by atoms with Crippen LogP contribution in [0.4, 0.5) is 4.79 Å². The number of aliphatic imine (C=N–C) groups is 1. The van der Waals surface area contributed by atoms with E-state index in [0.29, 0.717) is 13.2 Å². The van der Waals surface area contributed by atoms with Crippen LogP contribution < -0.4 is 0 Å². The fraction of sp³-hybridized carbons (Fsp3) is 0.167. The Balaban J connectivity index is 0.00000144. The van der Waals surface area contributed by atoms with E-state index < -0.39 is 0 Å². The molecular formula is C12H13ClN2O2. The summed E-state index contributed by atoms with van der Waals surface area (Å²) in [6.45, 7) is 0.755. The Kier molecular flexibility index (Phi) is 5.23. The van der Waals surface area contributed by atoms with Crippen LogP contribution in [0.3, 0.4) is 0 Å². The summed E-state index contributed by atoms with van der Waals surface area (Å²) in [5.74, 6) is 0. The second kappa shape index (κ2) is 6.70. The molecule has 90 valence electrons. The maximum atomic E-state index is 11.6. The van der Waals surface area contributed by atoms with Crippen LogP contribution in [0.5, 0.6) is 0 Å². The molecule has 2 rings (SSSR count). The van der Waals surface area contributed by atoms with Gasteiger partial charge in [-0.05, 0) is 5.56 Å². The predicted molar refractivity (Wildman–Crippen MR) is 68.2 cm³/mol. The third-order valence-electron chi connectivity index (χ3n) is 2.16. The number of hydrogen-bond donors (Lipinski definition) is 0. The molecule has 1 aromatic carbocycles. The summed E-state index contributed by atoms with van der Waals surface area (Å²) in [6, 6.07) is 9.59. The van der Waals surface area contributed by atoms with Crippen molar-refractivity contribution in [3.63, 3.8) is 0 Å². The van der Waals surface area contributed by atoms with Gasteiger partial charge in [-0.15, -0.1) is 12.4 Å². The monoisotopic (exact) mass is 252 g/mol. The standard InChI is InChI=1S/C12H12N2O2.ClH/c15-12(14-8-6-13-7-9-14)16-10-11-4-2-1-3-5-11;/h1-8H,9-10H2;1H. The Labute approximate surface area is 106 Å². The second-order valence-electron chi connectivity index (χ2n) is 3.32. The Hall–Kier alpha value is -1.81. The van der Waals surface area contributed by atoms with Crippen molar-refractivity contribution in [2.24, 2.45) is 4.99 Å². The highest BCUT2D eigenvalue weighted by atomic mass is 35.5. The van der Waals surface area contributed by atoms with Gasteiger partial charge in [-0.25, -0.2) is 4.79 Å². The van der Waals surface area contributed by atoms with E-state index in [0.717, 1.165) is 5.56 Å². The van der Waals surface area contributed by atoms with Gasteiger partial charge < -0.3 is 4.74 Å². The molecule has 0 unspecified atom stereocenters. The molecule has 4 nitrogen and oxygen atoms in total. The summed E-state index contributed by atoms with van der Waals surface area (Å²) in [7, 11) is 0. The van der Waals surface area contributed by atoms with E-state index in [1.165, 1.54) is 4.90 Å². The fourth-order valence-electron chi connectivity index (χ4n) is 1.31. The molecule has 0 aromatic heterocycles. The summed E-state index contributed by atoms with van der Waals surface area (Å²) in [4.78, 5) is 16.9. The average molecular weight is 253 g/mol. The summed E-state index contributed by atoms with van der Waals surface area (Å²) in [6.07, 6.45) is 4.47. The molecule has 1 heterocycles. The molecule has 0 saturated carbocycles. The summed E-state index contributed by atoms with van der Waals surface area (Å²) >= 11 is 0. The lowest BCUT2D eigenvalue weighted by Crippen LogP contribution is -2.29. The van der Waals surface area contributed by atoms with Crippen LogP contribution >= 0.6 is 12.4 Å². The fourth-order valence-corrected chi connectivity index (χ4v) is 1.31. The highest BCUT2D eigenvalue weighted by molar-refractivity contribution is 5.85. The van der Waals surface area contributed by atoms with E-state index in [-0.39, 0.29) is 18.5 Å². The third kappa shape index (κ3) is 3.92. The van der Waals surface area contributed by atoms with Crippen LogP contribution in [0.15, 0.2) is 47.7 Å². The number of hydrogen-bond acceptors (Lipinski definition) is 3. The number of halogens is 1. The smallest absolute Gasteiger partial charge is 0.414 e. The van der Waals surface area contributed by atoms with E-state index in [1.54, 1.807) is 18.6 Å². The number of rotatable bonds is 2. The first-order valence-corrected chi connectivity index (χ1v) is 5.02. The Morgan fingerprint density at radius 1 is 1.35 bits per heavy atom. The summed E-state index contributed by atoms with van der Waals surface area (Å²) in [5, 5.41) is 0. The van der Waals surface area contributed by atoms with Gasteiger partial charge in [0.1, 0.15) is 6.61 Å². The number of nitrogens with zero attached hydrogens (tertiary/aromatic N) is 2. The number of carbonyl (C=O) groups is 1. The normalized spacial score (nSPS) is 13.1. The van der Waals surface area contributed by atoms with Gasteiger partial charge in [0.25, 0.3) is 0 Å². The van der Waals surface area contributed by atoms with Gasteiger partial charge in [0.15, 0.2) is 0 Å². The highest BCUT2D eigenvalue weighted by Gasteiger charge is 2.12. The van der Waals surface area contributed by atoms with Crippen LogP contribution in [-0.4, -0.2) is 23.8 Å². The predicted octanol–water partition coefficient (Wildman–Crippen LogP) is 2.60. The van der Waals surface area contributed by atoms with E-state index in [9.17, 15) is 4.79 Å². The number of ether oxygens (including phenoxy) is 1. The van der Waals surface area contributed by atoms with Crippen molar-refractivity contribution in [3.05, 3.63) is 48.3 Å². The molecule has 17 heavy (non-hydrogen) atoms. The van der Waals surface area contributed by atoms with E-state index in [2.05, 4.69) is 4.99 Å². The number of benzene rings is 1.